The van der Waals surface area contributed by atoms with E-state index in [2.05, 4.69) is 31.9 Å². The molecule has 0 radical (unpaired) electrons. The molecule has 0 saturated carbocycles. The lowest BCUT2D eigenvalue weighted by atomic mass is 10.1. The summed E-state index contributed by atoms with van der Waals surface area (Å²) in [6, 6.07) is 7.67. The summed E-state index contributed by atoms with van der Waals surface area (Å²) >= 11 is 14.8. The molecule has 2 nitrogen and oxygen atoms in total. The third kappa shape index (κ3) is 3.27. The summed E-state index contributed by atoms with van der Waals surface area (Å²) in [5, 5.41) is 0.714. The fourth-order valence-corrected chi connectivity index (χ4v) is 4.19. The highest BCUT2D eigenvalue weighted by Crippen LogP contribution is 2.44. The molecule has 0 fully saturated rings. The zero-order valence-corrected chi connectivity index (χ0v) is 15.0. The maximum Gasteiger partial charge on any atom is 0.123 e. The van der Waals surface area contributed by atoms with Gasteiger partial charge >= 0.3 is 0 Å². The molecule has 1 aromatic carbocycles. The first-order valence-electron chi connectivity index (χ1n) is 5.37. The van der Waals surface area contributed by atoms with Crippen LogP contribution in [0.25, 0.3) is 0 Å². The molecule has 1 heterocycles. The van der Waals surface area contributed by atoms with Crippen LogP contribution in [0.3, 0.4) is 0 Å². The third-order valence-electron chi connectivity index (χ3n) is 2.62. The zero-order chi connectivity index (χ0) is 14.0. The maximum atomic E-state index is 6.08. The molecule has 0 aliphatic carbocycles. The van der Waals surface area contributed by atoms with Crippen molar-refractivity contribution in [1.82, 2.24) is 0 Å². The summed E-state index contributed by atoms with van der Waals surface area (Å²) in [4.78, 5) is 1.11. The molecule has 1 unspecified atom stereocenters. The quantitative estimate of drug-likeness (QED) is 0.587. The standard InChI is InChI=1S/C13H11Br2ClO2S/c1-17-7-3-4-10(18-2)8(5-7)12(14)11-6-9(16)13(15)19-11/h3-6,12H,1-2H3. The van der Waals surface area contributed by atoms with Crippen LogP contribution in [-0.2, 0) is 0 Å². The van der Waals surface area contributed by atoms with Gasteiger partial charge in [-0.25, -0.2) is 0 Å². The van der Waals surface area contributed by atoms with Crippen LogP contribution in [0.1, 0.15) is 15.3 Å². The predicted octanol–water partition coefficient (Wildman–Crippen LogP) is 5.67. The molecule has 0 amide bonds. The van der Waals surface area contributed by atoms with Crippen LogP contribution in [-0.4, -0.2) is 14.2 Å². The molecule has 2 rings (SSSR count). The van der Waals surface area contributed by atoms with Crippen LogP contribution in [0, 0.1) is 0 Å². The molecule has 19 heavy (non-hydrogen) atoms. The lowest BCUT2D eigenvalue weighted by Crippen LogP contribution is -1.96. The summed E-state index contributed by atoms with van der Waals surface area (Å²) in [6.45, 7) is 0. The molecule has 1 atom stereocenters. The van der Waals surface area contributed by atoms with Gasteiger partial charge < -0.3 is 9.47 Å². The average molecular weight is 427 g/mol. The van der Waals surface area contributed by atoms with Gasteiger partial charge in [0.05, 0.1) is 27.9 Å². The summed E-state index contributed by atoms with van der Waals surface area (Å²) in [7, 11) is 3.30. The van der Waals surface area contributed by atoms with E-state index in [9.17, 15) is 0 Å². The minimum atomic E-state index is 0.00588. The lowest BCUT2D eigenvalue weighted by Gasteiger charge is -2.14. The second-order valence-electron chi connectivity index (χ2n) is 3.74. The lowest BCUT2D eigenvalue weighted by molar-refractivity contribution is 0.399. The van der Waals surface area contributed by atoms with Crippen LogP contribution in [0.5, 0.6) is 11.5 Å². The van der Waals surface area contributed by atoms with Crippen molar-refractivity contribution in [1.29, 1.82) is 0 Å². The number of halogens is 3. The van der Waals surface area contributed by atoms with Crippen molar-refractivity contribution < 1.29 is 9.47 Å². The highest BCUT2D eigenvalue weighted by atomic mass is 79.9. The first-order valence-corrected chi connectivity index (χ1v) is 8.28. The largest absolute Gasteiger partial charge is 0.497 e. The van der Waals surface area contributed by atoms with Crippen molar-refractivity contribution in [3.8, 4) is 11.5 Å². The highest BCUT2D eigenvalue weighted by Gasteiger charge is 2.19. The van der Waals surface area contributed by atoms with Gasteiger partial charge in [0.1, 0.15) is 11.5 Å². The second-order valence-corrected chi connectivity index (χ2v) is 7.47. The van der Waals surface area contributed by atoms with Gasteiger partial charge in [0, 0.05) is 10.4 Å². The normalized spacial score (nSPS) is 12.3. The van der Waals surface area contributed by atoms with E-state index in [1.165, 1.54) is 0 Å². The van der Waals surface area contributed by atoms with E-state index in [0.29, 0.717) is 5.02 Å². The average Bonchev–Trinajstić information content (AvgIpc) is 2.77. The Labute approximate surface area is 137 Å². The molecule has 0 saturated heterocycles. The molecule has 6 heteroatoms. The van der Waals surface area contributed by atoms with Crippen molar-refractivity contribution in [2.75, 3.05) is 14.2 Å². The predicted molar refractivity (Wildman–Crippen MR) is 87.3 cm³/mol. The Balaban J connectivity index is 2.44. The van der Waals surface area contributed by atoms with Gasteiger partial charge in [-0.15, -0.1) is 11.3 Å². The smallest absolute Gasteiger partial charge is 0.123 e. The SMILES string of the molecule is COc1ccc(OC)c(C(Br)c2cc(Cl)c(Br)s2)c1. The minimum Gasteiger partial charge on any atom is -0.497 e. The number of rotatable bonds is 4. The molecule has 2 aromatic rings. The molecule has 0 bridgehead atoms. The van der Waals surface area contributed by atoms with Gasteiger partial charge in [-0.1, -0.05) is 27.5 Å². The summed E-state index contributed by atoms with van der Waals surface area (Å²) in [5.74, 6) is 1.60. The molecular weight excluding hydrogens is 415 g/mol. The third-order valence-corrected chi connectivity index (χ3v) is 6.45. The Kier molecular flexibility index (Phi) is 5.17. The van der Waals surface area contributed by atoms with E-state index in [-0.39, 0.29) is 4.83 Å². The molecule has 0 aliphatic rings. The Bertz CT molecular complexity index is 567. The van der Waals surface area contributed by atoms with Gasteiger partial charge in [-0.3, -0.25) is 0 Å². The number of hydrogen-bond acceptors (Lipinski definition) is 3. The van der Waals surface area contributed by atoms with Crippen molar-refractivity contribution in [2.45, 2.75) is 4.83 Å². The van der Waals surface area contributed by atoms with Crippen molar-refractivity contribution in [3.63, 3.8) is 0 Å². The summed E-state index contributed by atoms with van der Waals surface area (Å²) in [5.41, 5.74) is 1.01. The number of ether oxygens (including phenoxy) is 2. The van der Waals surface area contributed by atoms with Crippen molar-refractivity contribution in [2.24, 2.45) is 0 Å². The van der Waals surface area contributed by atoms with E-state index in [0.717, 1.165) is 25.7 Å². The molecule has 102 valence electrons. The van der Waals surface area contributed by atoms with Crippen LogP contribution in [0.2, 0.25) is 5.02 Å². The molecule has 0 spiro atoms. The number of alkyl halides is 1. The minimum absolute atomic E-state index is 0.00588. The fraction of sp³-hybridized carbons (Fsp3) is 0.231. The van der Waals surface area contributed by atoms with Gasteiger partial charge in [0.2, 0.25) is 0 Å². The number of benzene rings is 1. The Morgan fingerprint density at radius 1 is 1.21 bits per heavy atom. The van der Waals surface area contributed by atoms with E-state index < -0.39 is 0 Å². The summed E-state index contributed by atoms with van der Waals surface area (Å²) in [6.07, 6.45) is 0. The Hall–Kier alpha value is -0.230. The van der Waals surface area contributed by atoms with Crippen molar-refractivity contribution in [3.05, 3.63) is 43.5 Å². The maximum absolute atomic E-state index is 6.08. The van der Waals surface area contributed by atoms with Crippen LogP contribution in [0.15, 0.2) is 28.1 Å². The van der Waals surface area contributed by atoms with Gasteiger partial charge in [-0.2, -0.15) is 0 Å². The number of hydrogen-bond donors (Lipinski definition) is 0. The van der Waals surface area contributed by atoms with Crippen molar-refractivity contribution >= 4 is 54.8 Å². The van der Waals surface area contributed by atoms with Gasteiger partial charge in [0.25, 0.3) is 0 Å². The monoisotopic (exact) mass is 424 g/mol. The molecule has 0 N–H and O–H groups in total. The highest BCUT2D eigenvalue weighted by molar-refractivity contribution is 9.11. The van der Waals surface area contributed by atoms with Crippen LogP contribution >= 0.6 is 54.8 Å². The van der Waals surface area contributed by atoms with Gasteiger partial charge in [0.15, 0.2) is 0 Å². The van der Waals surface area contributed by atoms with E-state index in [4.69, 9.17) is 21.1 Å². The molecular formula is C13H11Br2ClO2S. The first kappa shape index (κ1) is 15.2. The fourth-order valence-electron chi connectivity index (χ4n) is 1.68. The molecule has 1 aromatic heterocycles. The Morgan fingerprint density at radius 3 is 2.47 bits per heavy atom. The number of thiophene rings is 1. The van der Waals surface area contributed by atoms with Gasteiger partial charge in [-0.05, 0) is 40.2 Å². The second kappa shape index (κ2) is 6.48. The van der Waals surface area contributed by atoms with E-state index in [1.807, 2.05) is 24.3 Å². The van der Waals surface area contributed by atoms with Crippen LogP contribution in [0.4, 0.5) is 0 Å². The topological polar surface area (TPSA) is 18.5 Å². The summed E-state index contributed by atoms with van der Waals surface area (Å²) < 4.78 is 11.6. The zero-order valence-electron chi connectivity index (χ0n) is 10.2. The van der Waals surface area contributed by atoms with E-state index in [1.54, 1.807) is 25.6 Å². The Morgan fingerprint density at radius 2 is 1.95 bits per heavy atom. The van der Waals surface area contributed by atoms with Crippen LogP contribution < -0.4 is 9.47 Å². The molecule has 0 aliphatic heterocycles. The first-order chi connectivity index (χ1) is 9.06. The van der Waals surface area contributed by atoms with E-state index >= 15 is 0 Å². The number of methoxy groups -OCH3 is 2.